The topological polar surface area (TPSA) is 18.5 Å². The second-order valence-corrected chi connectivity index (χ2v) is 8.08. The second kappa shape index (κ2) is 6.41. The molecule has 1 aliphatic heterocycles. The number of hydrogen-bond acceptors (Lipinski definition) is 3. The summed E-state index contributed by atoms with van der Waals surface area (Å²) in [5, 5.41) is 1.51. The minimum absolute atomic E-state index is 0.510. The van der Waals surface area contributed by atoms with Crippen molar-refractivity contribution in [3.63, 3.8) is 0 Å². The van der Waals surface area contributed by atoms with Gasteiger partial charge in [0.15, 0.2) is 11.5 Å². The molecule has 1 aliphatic carbocycles. The summed E-state index contributed by atoms with van der Waals surface area (Å²) in [6, 6.07) is 4.41. The van der Waals surface area contributed by atoms with Crippen molar-refractivity contribution in [2.24, 2.45) is 5.41 Å². The highest BCUT2D eigenvalue weighted by atomic mass is 79.9. The summed E-state index contributed by atoms with van der Waals surface area (Å²) in [4.78, 5) is 0. The Balaban J connectivity index is 2.05. The van der Waals surface area contributed by atoms with Crippen LogP contribution in [0, 0.1) is 5.41 Å². The van der Waals surface area contributed by atoms with E-state index < -0.39 is 0 Å². The fourth-order valence-corrected chi connectivity index (χ4v) is 6.13. The zero-order valence-electron chi connectivity index (χ0n) is 12.8. The quantitative estimate of drug-likeness (QED) is 0.698. The van der Waals surface area contributed by atoms with E-state index in [0.29, 0.717) is 10.7 Å². The van der Waals surface area contributed by atoms with Crippen LogP contribution in [0.25, 0.3) is 0 Å². The van der Waals surface area contributed by atoms with Crippen LogP contribution in [0.15, 0.2) is 12.1 Å². The van der Waals surface area contributed by atoms with Gasteiger partial charge in [-0.25, -0.2) is 0 Å². The smallest absolute Gasteiger partial charge is 0.161 e. The first-order valence-corrected chi connectivity index (χ1v) is 9.81. The molecular weight excluding hydrogens is 348 g/mol. The summed E-state index contributed by atoms with van der Waals surface area (Å²) in [6.45, 7) is 0. The lowest BCUT2D eigenvalue weighted by molar-refractivity contribution is 0.339. The summed E-state index contributed by atoms with van der Waals surface area (Å²) in [5.74, 6) is 3.00. The zero-order valence-corrected chi connectivity index (χ0v) is 15.2. The highest BCUT2D eigenvalue weighted by Crippen LogP contribution is 2.51. The van der Waals surface area contributed by atoms with Crippen molar-refractivity contribution in [3.05, 3.63) is 23.3 Å². The van der Waals surface area contributed by atoms with Crippen molar-refractivity contribution in [2.75, 3.05) is 25.3 Å². The monoisotopic (exact) mass is 370 g/mol. The molecule has 2 nitrogen and oxygen atoms in total. The Bertz CT molecular complexity index is 512. The van der Waals surface area contributed by atoms with Crippen molar-refractivity contribution in [1.29, 1.82) is 0 Å². The van der Waals surface area contributed by atoms with Crippen molar-refractivity contribution in [3.8, 4) is 11.5 Å². The molecule has 0 amide bonds. The van der Waals surface area contributed by atoms with Gasteiger partial charge >= 0.3 is 0 Å². The predicted octanol–water partition coefficient (Wildman–Crippen LogP) is 4.99. The van der Waals surface area contributed by atoms with E-state index in [9.17, 15) is 0 Å². The molecular formula is C17H23BrO2S. The number of ether oxygens (including phenoxy) is 2. The number of halogens is 1. The van der Waals surface area contributed by atoms with Gasteiger partial charge < -0.3 is 9.47 Å². The molecule has 0 saturated heterocycles. The molecule has 1 aromatic rings. The van der Waals surface area contributed by atoms with Crippen LogP contribution < -0.4 is 9.47 Å². The second-order valence-electron chi connectivity index (χ2n) is 6.24. The molecule has 0 aromatic heterocycles. The van der Waals surface area contributed by atoms with Gasteiger partial charge in [-0.3, -0.25) is 0 Å². The van der Waals surface area contributed by atoms with Crippen LogP contribution in [0.1, 0.15) is 42.1 Å². The number of rotatable bonds is 3. The summed E-state index contributed by atoms with van der Waals surface area (Å²) >= 11 is 5.81. The van der Waals surface area contributed by atoms with Crippen LogP contribution in [-0.4, -0.2) is 25.3 Å². The highest BCUT2D eigenvalue weighted by molar-refractivity contribution is 9.09. The lowest BCUT2D eigenvalue weighted by atomic mass is 9.80. The molecule has 4 heteroatoms. The first kappa shape index (κ1) is 15.5. The number of benzene rings is 1. The summed E-state index contributed by atoms with van der Waals surface area (Å²) in [7, 11) is 3.44. The van der Waals surface area contributed by atoms with Gasteiger partial charge in [0.25, 0.3) is 0 Å². The third-order valence-electron chi connectivity index (χ3n) is 4.95. The third-order valence-corrected chi connectivity index (χ3v) is 7.63. The van der Waals surface area contributed by atoms with E-state index in [-0.39, 0.29) is 0 Å². The van der Waals surface area contributed by atoms with Crippen LogP contribution in [0.5, 0.6) is 11.5 Å². The maximum absolute atomic E-state index is 5.52. The van der Waals surface area contributed by atoms with Crippen molar-refractivity contribution in [2.45, 2.75) is 37.4 Å². The van der Waals surface area contributed by atoms with Gasteiger partial charge in [0.05, 0.1) is 14.2 Å². The first-order valence-electron chi connectivity index (χ1n) is 7.64. The number of alkyl halides is 1. The molecule has 1 unspecified atom stereocenters. The average molecular weight is 371 g/mol. The van der Waals surface area contributed by atoms with E-state index in [1.807, 2.05) is 0 Å². The first-order chi connectivity index (χ1) is 10.2. The maximum Gasteiger partial charge on any atom is 0.161 e. The van der Waals surface area contributed by atoms with Gasteiger partial charge in [-0.1, -0.05) is 28.8 Å². The molecule has 116 valence electrons. The van der Waals surface area contributed by atoms with Crippen LogP contribution in [0.4, 0.5) is 0 Å². The minimum Gasteiger partial charge on any atom is -0.493 e. The van der Waals surface area contributed by atoms with E-state index in [0.717, 1.165) is 16.8 Å². The normalized spacial score (nSPS) is 23.7. The highest BCUT2D eigenvalue weighted by Gasteiger charge is 2.38. The molecule has 0 radical (unpaired) electrons. The third kappa shape index (κ3) is 2.94. The van der Waals surface area contributed by atoms with Crippen molar-refractivity contribution in [1.82, 2.24) is 0 Å². The van der Waals surface area contributed by atoms with E-state index in [1.54, 1.807) is 14.2 Å². The molecule has 21 heavy (non-hydrogen) atoms. The molecule has 1 heterocycles. The number of methoxy groups -OCH3 is 2. The molecule has 1 saturated carbocycles. The fraction of sp³-hybridized carbons (Fsp3) is 0.647. The lowest BCUT2D eigenvalue weighted by Gasteiger charge is -2.27. The Hall–Kier alpha value is -0.350. The van der Waals surface area contributed by atoms with E-state index in [2.05, 4.69) is 39.8 Å². The zero-order chi connectivity index (χ0) is 14.9. The van der Waals surface area contributed by atoms with Crippen LogP contribution in [-0.2, 0) is 6.42 Å². The van der Waals surface area contributed by atoms with Gasteiger partial charge in [0.1, 0.15) is 0 Å². The Morgan fingerprint density at radius 2 is 1.86 bits per heavy atom. The van der Waals surface area contributed by atoms with Crippen LogP contribution >= 0.6 is 27.7 Å². The molecule has 0 N–H and O–H groups in total. The lowest BCUT2D eigenvalue weighted by Crippen LogP contribution is -2.21. The molecule has 1 aromatic carbocycles. The van der Waals surface area contributed by atoms with Gasteiger partial charge in [-0.15, -0.1) is 0 Å². The van der Waals surface area contributed by atoms with Gasteiger partial charge in [0.2, 0.25) is 0 Å². The van der Waals surface area contributed by atoms with Crippen molar-refractivity contribution >= 4 is 27.7 Å². The molecule has 2 aliphatic rings. The van der Waals surface area contributed by atoms with Crippen molar-refractivity contribution < 1.29 is 9.47 Å². The minimum atomic E-state index is 0.510. The molecule has 3 rings (SSSR count). The Kier molecular flexibility index (Phi) is 4.75. The van der Waals surface area contributed by atoms with E-state index >= 15 is 0 Å². The molecule has 1 spiro atoms. The average Bonchev–Trinajstić information content (AvgIpc) is 2.90. The Morgan fingerprint density at radius 1 is 1.19 bits per heavy atom. The number of thioether (sulfide) groups is 1. The maximum atomic E-state index is 5.52. The standard InChI is InChI=1S/C17H23BrO2S/c1-19-14-7-12-9-17(5-3-4-6-17)11-21-16(10-18)13(12)8-15(14)20-2/h7-8,16H,3-6,9-11H2,1-2H3. The summed E-state index contributed by atoms with van der Waals surface area (Å²) in [6.07, 6.45) is 6.73. The van der Waals surface area contributed by atoms with E-state index in [1.165, 1.54) is 49.0 Å². The van der Waals surface area contributed by atoms with Crippen LogP contribution in [0.3, 0.4) is 0 Å². The summed E-state index contributed by atoms with van der Waals surface area (Å²) < 4.78 is 11.0. The molecule has 1 fully saturated rings. The largest absolute Gasteiger partial charge is 0.493 e. The SMILES string of the molecule is COc1cc2c(cc1OC)C(CBr)SCC1(CCCC1)C2. The Morgan fingerprint density at radius 3 is 2.48 bits per heavy atom. The van der Waals surface area contributed by atoms with Gasteiger partial charge in [0, 0.05) is 10.6 Å². The van der Waals surface area contributed by atoms with Gasteiger partial charge in [-0.05, 0) is 53.7 Å². The number of hydrogen-bond donors (Lipinski definition) is 0. The summed E-state index contributed by atoms with van der Waals surface area (Å²) in [5.41, 5.74) is 3.40. The molecule has 0 bridgehead atoms. The van der Waals surface area contributed by atoms with Gasteiger partial charge in [-0.2, -0.15) is 11.8 Å². The fourth-order valence-electron chi connectivity index (χ4n) is 3.79. The van der Waals surface area contributed by atoms with E-state index in [4.69, 9.17) is 9.47 Å². The Labute approximate surface area is 140 Å². The number of fused-ring (bicyclic) bond motifs is 1. The molecule has 1 atom stereocenters. The van der Waals surface area contributed by atoms with Crippen LogP contribution in [0.2, 0.25) is 0 Å². The predicted molar refractivity (Wildman–Crippen MR) is 93.1 cm³/mol.